The second kappa shape index (κ2) is 8.18. The van der Waals surface area contributed by atoms with Gasteiger partial charge in [-0.2, -0.15) is 0 Å². The topological polar surface area (TPSA) is 78.7 Å². The van der Waals surface area contributed by atoms with Crippen molar-refractivity contribution < 1.29 is 9.59 Å². The van der Waals surface area contributed by atoms with Crippen molar-refractivity contribution in [2.24, 2.45) is 11.1 Å². The van der Waals surface area contributed by atoms with E-state index in [4.69, 9.17) is 5.73 Å². The van der Waals surface area contributed by atoms with Gasteiger partial charge in [0.25, 0.3) is 5.91 Å². The number of benzene rings is 1. The van der Waals surface area contributed by atoms with Crippen molar-refractivity contribution in [2.45, 2.75) is 32.2 Å². The van der Waals surface area contributed by atoms with Gasteiger partial charge in [-0.3, -0.25) is 14.5 Å². The molecular weight excluding hydrogens is 328 g/mol. The van der Waals surface area contributed by atoms with Gasteiger partial charge in [-0.05, 0) is 49.9 Å². The molecule has 3 N–H and O–H groups in total. The molecule has 0 aliphatic carbocycles. The molecule has 2 aliphatic heterocycles. The quantitative estimate of drug-likeness (QED) is 0.826. The van der Waals surface area contributed by atoms with Crippen LogP contribution in [0.5, 0.6) is 0 Å². The molecule has 6 heteroatoms. The molecule has 0 bridgehead atoms. The van der Waals surface area contributed by atoms with Gasteiger partial charge in [-0.25, -0.2) is 0 Å². The van der Waals surface area contributed by atoms with E-state index < -0.39 is 0 Å². The average molecular weight is 358 g/mol. The molecule has 3 rings (SSSR count). The van der Waals surface area contributed by atoms with E-state index in [2.05, 4.69) is 17.1 Å². The van der Waals surface area contributed by atoms with Crippen LogP contribution in [0.4, 0.5) is 0 Å². The minimum atomic E-state index is -0.0338. The van der Waals surface area contributed by atoms with Crippen molar-refractivity contribution in [1.29, 1.82) is 0 Å². The summed E-state index contributed by atoms with van der Waals surface area (Å²) in [5, 5.41) is 3.08. The summed E-state index contributed by atoms with van der Waals surface area (Å²) >= 11 is 0. The Morgan fingerprint density at radius 1 is 1.19 bits per heavy atom. The van der Waals surface area contributed by atoms with E-state index in [0.717, 1.165) is 32.4 Å². The molecule has 2 heterocycles. The fraction of sp³-hybridized carbons (Fsp3) is 0.600. The molecule has 1 unspecified atom stereocenters. The summed E-state index contributed by atoms with van der Waals surface area (Å²) in [5.74, 6) is 0.160. The third kappa shape index (κ3) is 4.62. The number of piperidine rings is 1. The Morgan fingerprint density at radius 3 is 2.50 bits per heavy atom. The highest BCUT2D eigenvalue weighted by molar-refractivity contribution is 5.94. The van der Waals surface area contributed by atoms with Gasteiger partial charge < -0.3 is 16.0 Å². The predicted octanol–water partition coefficient (Wildman–Crippen LogP) is 1.08. The van der Waals surface area contributed by atoms with Gasteiger partial charge in [0.05, 0.1) is 6.54 Å². The monoisotopic (exact) mass is 358 g/mol. The van der Waals surface area contributed by atoms with Gasteiger partial charge >= 0.3 is 0 Å². The number of amides is 2. The molecule has 0 saturated carbocycles. The first-order valence-corrected chi connectivity index (χ1v) is 9.55. The first kappa shape index (κ1) is 18.9. The molecular formula is C20H30N4O2. The maximum atomic E-state index is 12.6. The summed E-state index contributed by atoms with van der Waals surface area (Å²) in [6, 6.07) is 9.41. The molecule has 1 atom stereocenters. The zero-order valence-electron chi connectivity index (χ0n) is 15.6. The van der Waals surface area contributed by atoms with Crippen LogP contribution < -0.4 is 11.1 Å². The molecule has 2 aliphatic rings. The lowest BCUT2D eigenvalue weighted by atomic mass is 9.90. The predicted molar refractivity (Wildman–Crippen MR) is 102 cm³/mol. The van der Waals surface area contributed by atoms with Crippen LogP contribution in [0.2, 0.25) is 0 Å². The van der Waals surface area contributed by atoms with Crippen LogP contribution >= 0.6 is 0 Å². The summed E-state index contributed by atoms with van der Waals surface area (Å²) in [4.78, 5) is 29.0. The highest BCUT2D eigenvalue weighted by atomic mass is 16.2. The molecule has 142 valence electrons. The van der Waals surface area contributed by atoms with Crippen molar-refractivity contribution in [2.75, 3.05) is 39.3 Å². The maximum Gasteiger partial charge on any atom is 0.251 e. The van der Waals surface area contributed by atoms with E-state index in [1.807, 2.05) is 35.2 Å². The number of nitrogens with one attached hydrogen (secondary N) is 1. The van der Waals surface area contributed by atoms with Gasteiger partial charge in [-0.15, -0.1) is 0 Å². The lowest BCUT2D eigenvalue weighted by Crippen LogP contribution is -2.49. The first-order chi connectivity index (χ1) is 12.5. The molecule has 1 aromatic carbocycles. The van der Waals surface area contributed by atoms with E-state index in [9.17, 15) is 9.59 Å². The van der Waals surface area contributed by atoms with Crippen LogP contribution in [0.1, 0.15) is 36.5 Å². The van der Waals surface area contributed by atoms with Gasteiger partial charge in [0.1, 0.15) is 0 Å². The van der Waals surface area contributed by atoms with E-state index >= 15 is 0 Å². The normalized spacial score (nSPS) is 24.6. The van der Waals surface area contributed by atoms with E-state index in [1.165, 1.54) is 0 Å². The molecule has 2 saturated heterocycles. The fourth-order valence-corrected chi connectivity index (χ4v) is 3.85. The van der Waals surface area contributed by atoms with Crippen LogP contribution in [0.25, 0.3) is 0 Å². The summed E-state index contributed by atoms with van der Waals surface area (Å²) in [6.07, 6.45) is 2.68. The molecule has 2 amide bonds. The number of carbonyl (C=O) groups excluding carboxylic acids is 2. The third-order valence-electron chi connectivity index (χ3n) is 5.71. The van der Waals surface area contributed by atoms with Gasteiger partial charge in [0, 0.05) is 31.2 Å². The number of likely N-dealkylation sites (tertiary alicyclic amines) is 2. The van der Waals surface area contributed by atoms with Crippen LogP contribution in [-0.2, 0) is 4.79 Å². The Kier molecular flexibility index (Phi) is 5.94. The Bertz CT molecular complexity index is 628. The Balaban J connectivity index is 1.42. The highest BCUT2D eigenvalue weighted by Crippen LogP contribution is 2.28. The largest absolute Gasteiger partial charge is 0.349 e. The average Bonchev–Trinajstić information content (AvgIpc) is 3.04. The molecule has 2 fully saturated rings. The van der Waals surface area contributed by atoms with Crippen molar-refractivity contribution in [3.63, 3.8) is 0 Å². The summed E-state index contributed by atoms with van der Waals surface area (Å²) in [6.45, 7) is 6.61. The molecule has 26 heavy (non-hydrogen) atoms. The van der Waals surface area contributed by atoms with Crippen LogP contribution in [-0.4, -0.2) is 66.9 Å². The molecule has 0 radical (unpaired) electrons. The summed E-state index contributed by atoms with van der Waals surface area (Å²) < 4.78 is 0. The van der Waals surface area contributed by atoms with Crippen LogP contribution in [0.3, 0.4) is 0 Å². The van der Waals surface area contributed by atoms with Crippen LogP contribution in [0.15, 0.2) is 30.3 Å². The molecule has 0 aromatic heterocycles. The Labute approximate surface area is 155 Å². The fourth-order valence-electron chi connectivity index (χ4n) is 3.85. The zero-order valence-corrected chi connectivity index (χ0v) is 15.6. The Hall–Kier alpha value is -1.92. The smallest absolute Gasteiger partial charge is 0.251 e. The zero-order chi connectivity index (χ0) is 18.6. The van der Waals surface area contributed by atoms with Crippen molar-refractivity contribution in [3.05, 3.63) is 35.9 Å². The maximum absolute atomic E-state index is 12.6. The second-order valence-corrected chi connectivity index (χ2v) is 7.97. The first-order valence-electron chi connectivity index (χ1n) is 9.55. The second-order valence-electron chi connectivity index (χ2n) is 7.97. The number of nitrogens with two attached hydrogens (primary N) is 1. The standard InChI is InChI=1S/C20H30N4O2/c1-20(14-21)9-12-23(15-20)13-18(25)24-10-7-17(8-11-24)22-19(26)16-5-3-2-4-6-16/h2-6,17H,7-15,21H2,1H3,(H,22,26). The summed E-state index contributed by atoms with van der Waals surface area (Å²) in [5.41, 5.74) is 6.68. The van der Waals surface area contributed by atoms with E-state index in [0.29, 0.717) is 31.7 Å². The number of carbonyl (C=O) groups is 2. The lowest BCUT2D eigenvalue weighted by Gasteiger charge is -2.33. The summed E-state index contributed by atoms with van der Waals surface area (Å²) in [7, 11) is 0. The minimum Gasteiger partial charge on any atom is -0.349 e. The third-order valence-corrected chi connectivity index (χ3v) is 5.71. The lowest BCUT2D eigenvalue weighted by molar-refractivity contribution is -0.133. The number of rotatable bonds is 5. The number of hydrogen-bond donors (Lipinski definition) is 2. The minimum absolute atomic E-state index is 0.0338. The van der Waals surface area contributed by atoms with Crippen molar-refractivity contribution in [1.82, 2.24) is 15.1 Å². The van der Waals surface area contributed by atoms with Gasteiger partial charge in [0.15, 0.2) is 0 Å². The van der Waals surface area contributed by atoms with E-state index in [1.54, 1.807) is 0 Å². The molecule has 1 aromatic rings. The van der Waals surface area contributed by atoms with Crippen LogP contribution in [0, 0.1) is 5.41 Å². The number of hydrogen-bond acceptors (Lipinski definition) is 4. The van der Waals surface area contributed by atoms with E-state index in [-0.39, 0.29) is 23.3 Å². The Morgan fingerprint density at radius 2 is 1.88 bits per heavy atom. The highest BCUT2D eigenvalue weighted by Gasteiger charge is 2.34. The van der Waals surface area contributed by atoms with Gasteiger partial charge in [0.2, 0.25) is 5.91 Å². The van der Waals surface area contributed by atoms with Crippen molar-refractivity contribution in [3.8, 4) is 0 Å². The van der Waals surface area contributed by atoms with Gasteiger partial charge in [-0.1, -0.05) is 25.1 Å². The molecule has 6 nitrogen and oxygen atoms in total. The number of nitrogens with zero attached hydrogens (tertiary/aromatic N) is 2. The SMILES string of the molecule is CC1(CN)CCN(CC(=O)N2CCC(NC(=O)c3ccccc3)CC2)C1. The molecule has 0 spiro atoms. The van der Waals surface area contributed by atoms with Crippen molar-refractivity contribution >= 4 is 11.8 Å².